The van der Waals surface area contributed by atoms with Crippen molar-refractivity contribution in [3.63, 3.8) is 0 Å². The van der Waals surface area contributed by atoms with Crippen LogP contribution in [0.4, 0.5) is 4.79 Å². The zero-order chi connectivity index (χ0) is 36.8. The fraction of sp³-hybridized carbons (Fsp3) is 0.406. The highest BCUT2D eigenvalue weighted by atomic mass is 16.5. The van der Waals surface area contributed by atoms with Crippen molar-refractivity contribution in [1.29, 1.82) is 0 Å². The van der Waals surface area contributed by atoms with Crippen LogP contribution in [0.25, 0.3) is 0 Å². The molecular formula is C32H42N6O9. The number of ketones is 1. The molecule has 0 bridgehead atoms. The lowest BCUT2D eigenvalue weighted by molar-refractivity contribution is -0.137. The van der Waals surface area contributed by atoms with Crippen LogP contribution in [-0.2, 0) is 46.5 Å². The van der Waals surface area contributed by atoms with Crippen LogP contribution < -0.4 is 32.3 Å². The molecule has 2 rings (SSSR count). The third-order valence-electron chi connectivity index (χ3n) is 6.69. The standard InChI is InChI=1S/C32H42N6O9/c1-18(2)26(30(44)34-15-24(40)28(33)42)38-29(43)23(14-20-10-12-22(39)13-11-20)36-31(45)27(19(3)4)37-25(41)16-35-32(46)47-17-21-8-6-5-7-9-21/h5-13,18-19,23,26-27,39H,14-17H2,1-4H3,(H2,33,42)(H,34,44)(H,35,46)(H,36,45)(H,37,41)(H,38,43)/t23-,26-,27-/m0/s1/i/hD2. The van der Waals surface area contributed by atoms with E-state index in [-0.39, 0.29) is 24.1 Å². The first-order valence-electron chi connectivity index (χ1n) is 15.7. The van der Waals surface area contributed by atoms with E-state index in [1.54, 1.807) is 58.0 Å². The van der Waals surface area contributed by atoms with Gasteiger partial charge >= 0.3 is 6.09 Å². The predicted octanol–water partition coefficient (Wildman–Crippen LogP) is -0.202. The van der Waals surface area contributed by atoms with Gasteiger partial charge < -0.3 is 42.1 Å². The van der Waals surface area contributed by atoms with Gasteiger partial charge in [0.1, 0.15) is 37.0 Å². The lowest BCUT2D eigenvalue weighted by Gasteiger charge is -2.28. The molecule has 0 fully saturated rings. The molecular weight excluding hydrogens is 612 g/mol. The predicted molar refractivity (Wildman–Crippen MR) is 169 cm³/mol. The Bertz CT molecular complexity index is 1490. The van der Waals surface area contributed by atoms with Crippen LogP contribution in [0.5, 0.6) is 5.75 Å². The van der Waals surface area contributed by atoms with Crippen LogP contribution in [0, 0.1) is 11.8 Å². The van der Waals surface area contributed by atoms with Gasteiger partial charge in [-0.2, -0.15) is 0 Å². The summed E-state index contributed by atoms with van der Waals surface area (Å²) in [6.07, 6.45) is -1.29. The summed E-state index contributed by atoms with van der Waals surface area (Å²) in [6.45, 7) is 4.57. The molecule has 0 aliphatic heterocycles. The first-order chi connectivity index (χ1) is 23.0. The van der Waals surface area contributed by atoms with Crippen LogP contribution in [0.3, 0.4) is 0 Å². The number of hydrogen-bond acceptors (Lipinski definition) is 9. The Morgan fingerprint density at radius 3 is 1.98 bits per heavy atom. The molecule has 3 atom stereocenters. The van der Waals surface area contributed by atoms with Gasteiger partial charge in [-0.05, 0) is 35.1 Å². The lowest BCUT2D eigenvalue weighted by Crippen LogP contribution is -2.59. The molecule has 254 valence electrons. The smallest absolute Gasteiger partial charge is 0.407 e. The first kappa shape index (κ1) is 34.4. The largest absolute Gasteiger partial charge is 0.508 e. The average Bonchev–Trinajstić information content (AvgIpc) is 3.05. The van der Waals surface area contributed by atoms with E-state index in [1.165, 1.54) is 24.3 Å². The zero-order valence-electron chi connectivity index (χ0n) is 28.6. The third-order valence-corrected chi connectivity index (χ3v) is 6.69. The molecule has 0 aliphatic carbocycles. The summed E-state index contributed by atoms with van der Waals surface area (Å²) in [7, 11) is 0. The van der Waals surface area contributed by atoms with Crippen molar-refractivity contribution in [3.05, 3.63) is 65.7 Å². The number of primary amides is 1. The summed E-state index contributed by atoms with van der Waals surface area (Å²) in [5.41, 5.74) is 6.07. The van der Waals surface area contributed by atoms with Crippen molar-refractivity contribution in [1.82, 2.24) is 26.6 Å². The summed E-state index contributed by atoms with van der Waals surface area (Å²) in [5, 5.41) is 17.5. The Hall–Kier alpha value is -5.47. The molecule has 2 aromatic rings. The molecule has 15 nitrogen and oxygen atoms in total. The third kappa shape index (κ3) is 13.2. The maximum absolute atomic E-state index is 13.6. The fourth-order valence-electron chi connectivity index (χ4n) is 4.09. The van der Waals surface area contributed by atoms with Crippen LogP contribution >= 0.6 is 0 Å². The SMILES string of the molecule is [2H]N(CC(=O)N([2H])[C@H](C(=O)N[C@@H](Cc1ccc(O)cc1)C(=O)N[C@H](C(=O)NCC(=O)C(N)=O)C(C)C)C(C)C)C(=O)OCc1ccccc1. The van der Waals surface area contributed by atoms with E-state index >= 15 is 0 Å². The van der Waals surface area contributed by atoms with Gasteiger partial charge in [0.2, 0.25) is 29.4 Å². The van der Waals surface area contributed by atoms with E-state index in [9.17, 15) is 38.7 Å². The van der Waals surface area contributed by atoms with E-state index in [0.29, 0.717) is 16.4 Å². The minimum Gasteiger partial charge on any atom is -0.508 e. The van der Waals surface area contributed by atoms with Gasteiger partial charge in [0.25, 0.3) is 5.91 Å². The number of carbonyl (C=O) groups excluding carboxylic acids is 7. The Morgan fingerprint density at radius 2 is 1.40 bits per heavy atom. The maximum Gasteiger partial charge on any atom is 0.407 e. The van der Waals surface area contributed by atoms with E-state index in [2.05, 4.69) is 16.0 Å². The summed E-state index contributed by atoms with van der Waals surface area (Å²) in [5.74, 6) is -7.17. The molecule has 0 aromatic heterocycles. The number of carbonyl (C=O) groups is 7. The molecule has 0 radical (unpaired) electrons. The number of aromatic hydroxyl groups is 1. The minimum absolute atomic E-state index is 0.0496. The first-order valence-corrected chi connectivity index (χ1v) is 14.8. The van der Waals surface area contributed by atoms with Crippen molar-refractivity contribution in [2.45, 2.75) is 58.8 Å². The molecule has 0 spiro atoms. The number of rotatable bonds is 17. The van der Waals surface area contributed by atoms with Crippen LogP contribution in [0.1, 0.15) is 38.8 Å². The number of amides is 6. The van der Waals surface area contributed by atoms with Gasteiger partial charge in [-0.25, -0.2) is 4.79 Å². The second-order valence-corrected chi connectivity index (χ2v) is 11.2. The molecule has 2 aromatic carbocycles. The molecule has 0 unspecified atom stereocenters. The normalized spacial score (nSPS) is 13.2. The Labute approximate surface area is 275 Å². The minimum atomic E-state index is -1.49. The van der Waals surface area contributed by atoms with E-state index < -0.39 is 84.5 Å². The summed E-state index contributed by atoms with van der Waals surface area (Å²) >= 11 is 0. The molecule has 6 amide bonds. The maximum atomic E-state index is 13.6. The van der Waals surface area contributed by atoms with Crippen molar-refractivity contribution in [2.75, 3.05) is 13.1 Å². The fourth-order valence-corrected chi connectivity index (χ4v) is 4.09. The Morgan fingerprint density at radius 1 is 0.787 bits per heavy atom. The van der Waals surface area contributed by atoms with Gasteiger partial charge in [-0.15, -0.1) is 0 Å². The second-order valence-electron chi connectivity index (χ2n) is 11.2. The number of hydrogen-bond donors (Lipinski definition) is 7. The van der Waals surface area contributed by atoms with Gasteiger partial charge in [-0.3, -0.25) is 28.8 Å². The van der Waals surface area contributed by atoms with Crippen LogP contribution in [0.15, 0.2) is 54.6 Å². The molecule has 8 N–H and O–H groups in total. The van der Waals surface area contributed by atoms with Crippen molar-refractivity contribution in [3.8, 4) is 5.75 Å². The van der Waals surface area contributed by atoms with E-state index in [0.717, 1.165) is 0 Å². The average molecular weight is 657 g/mol. The molecule has 15 heteroatoms. The topological polar surface area (TPSA) is 235 Å². The molecule has 0 aliphatic rings. The highest BCUT2D eigenvalue weighted by Crippen LogP contribution is 2.13. The lowest BCUT2D eigenvalue weighted by atomic mass is 9.99. The number of phenolic OH excluding ortho intramolecular Hbond substituents is 1. The van der Waals surface area contributed by atoms with Gasteiger partial charge in [0, 0.05) is 6.42 Å². The van der Waals surface area contributed by atoms with E-state index in [1.807, 2.05) is 0 Å². The number of benzene rings is 2. The zero-order valence-corrected chi connectivity index (χ0v) is 26.6. The van der Waals surface area contributed by atoms with Crippen molar-refractivity contribution in [2.24, 2.45) is 17.6 Å². The van der Waals surface area contributed by atoms with Crippen molar-refractivity contribution < 1.29 is 46.2 Å². The summed E-state index contributed by atoms with van der Waals surface area (Å²) in [4.78, 5) is 87.9. The van der Waals surface area contributed by atoms with Crippen LogP contribution in [-0.4, -0.2) is 77.7 Å². The van der Waals surface area contributed by atoms with Gasteiger partial charge in [0.15, 0.2) is 2.82 Å². The quantitative estimate of drug-likeness (QED) is 0.112. The Balaban J connectivity index is 2.21. The number of Topliss-reactive ketones (excluding diaryl/α,β-unsaturated/α-hetero) is 1. The molecule has 0 heterocycles. The number of ether oxygens (including phenoxy) is 1. The van der Waals surface area contributed by atoms with Gasteiger partial charge in [0.05, 0.1) is 6.54 Å². The molecule has 0 saturated heterocycles. The number of nitrogens with one attached hydrogen (secondary N) is 5. The van der Waals surface area contributed by atoms with E-state index in [4.69, 9.17) is 13.3 Å². The number of phenols is 1. The second kappa shape index (κ2) is 18.5. The molecule has 47 heavy (non-hydrogen) atoms. The Kier molecular flexibility index (Phi) is 13.5. The summed E-state index contributed by atoms with van der Waals surface area (Å²) < 4.78 is 21.4. The number of nitrogens with two attached hydrogens (primary N) is 1. The van der Waals surface area contributed by atoms with Crippen LogP contribution in [0.2, 0.25) is 2.82 Å². The van der Waals surface area contributed by atoms with Crippen molar-refractivity contribution >= 4 is 41.4 Å². The highest BCUT2D eigenvalue weighted by molar-refractivity contribution is 6.36. The van der Waals surface area contributed by atoms with Gasteiger partial charge in [-0.1, -0.05) is 70.2 Å². The molecule has 0 saturated carbocycles. The highest BCUT2D eigenvalue weighted by Gasteiger charge is 2.32. The monoisotopic (exact) mass is 656 g/mol. The number of alkyl carbamates (subject to hydrolysis) is 1. The summed E-state index contributed by atoms with van der Waals surface area (Å²) in [6, 6.07) is 10.3.